The molecule has 0 saturated carbocycles. The highest BCUT2D eigenvalue weighted by Crippen LogP contribution is 2.23. The van der Waals surface area contributed by atoms with Crippen LogP contribution in [0.2, 0.25) is 5.02 Å². The number of anilines is 1. The molecule has 0 atom stereocenters. The van der Waals surface area contributed by atoms with Crippen molar-refractivity contribution in [3.05, 3.63) is 58.6 Å². The Morgan fingerprint density at radius 1 is 1.19 bits per heavy atom. The maximum absolute atomic E-state index is 12.3. The highest BCUT2D eigenvalue weighted by atomic mass is 35.5. The van der Waals surface area contributed by atoms with Crippen LogP contribution in [0.5, 0.6) is 0 Å². The van der Waals surface area contributed by atoms with Gasteiger partial charge in [0.15, 0.2) is 0 Å². The second-order valence-corrected chi connectivity index (χ2v) is 6.50. The minimum atomic E-state index is -3.91. The molecule has 0 saturated heterocycles. The lowest BCUT2D eigenvalue weighted by atomic mass is 10.2. The van der Waals surface area contributed by atoms with Crippen LogP contribution in [-0.2, 0) is 10.0 Å². The van der Waals surface area contributed by atoms with Gasteiger partial charge in [-0.15, -0.1) is 0 Å². The van der Waals surface area contributed by atoms with Crippen LogP contribution in [0.15, 0.2) is 47.4 Å². The first kappa shape index (κ1) is 15.3. The number of carboxylic acid groups (broad SMARTS) is 1. The second-order valence-electron chi connectivity index (χ2n) is 4.38. The van der Waals surface area contributed by atoms with Gasteiger partial charge in [0, 0.05) is 5.02 Å². The van der Waals surface area contributed by atoms with E-state index in [0.29, 0.717) is 16.3 Å². The number of halogens is 1. The van der Waals surface area contributed by atoms with E-state index in [1.165, 1.54) is 24.3 Å². The van der Waals surface area contributed by atoms with E-state index >= 15 is 0 Å². The summed E-state index contributed by atoms with van der Waals surface area (Å²) in [5.74, 6) is -1.44. The number of carbonyl (C=O) groups excluding carboxylic acids is 1. The molecule has 5 nitrogen and oxygen atoms in total. The van der Waals surface area contributed by atoms with Crippen LogP contribution >= 0.6 is 11.6 Å². The number of carboxylic acids is 1. The first-order chi connectivity index (χ1) is 9.79. The lowest BCUT2D eigenvalue weighted by Crippen LogP contribution is -2.23. The van der Waals surface area contributed by atoms with Crippen LogP contribution < -0.4 is 9.83 Å². The van der Waals surface area contributed by atoms with Crippen molar-refractivity contribution in [1.29, 1.82) is 0 Å². The molecule has 2 rings (SSSR count). The van der Waals surface area contributed by atoms with Gasteiger partial charge in [-0.3, -0.25) is 4.72 Å². The highest BCUT2D eigenvalue weighted by molar-refractivity contribution is 7.92. The molecule has 1 N–H and O–H groups in total. The summed E-state index contributed by atoms with van der Waals surface area (Å²) in [6, 6.07) is 9.75. The molecular weight excluding hydrogens is 314 g/mol. The van der Waals surface area contributed by atoms with E-state index in [-0.39, 0.29) is 10.5 Å². The van der Waals surface area contributed by atoms with Crippen molar-refractivity contribution in [3.8, 4) is 0 Å². The molecule has 0 aliphatic rings. The van der Waals surface area contributed by atoms with Crippen LogP contribution in [0.4, 0.5) is 5.69 Å². The molecule has 7 heteroatoms. The SMILES string of the molecule is Cc1ccc(Cl)cc1NS(=O)(=O)c1cccc(C(=O)[O-])c1. The molecule has 0 spiro atoms. The van der Waals surface area contributed by atoms with Crippen molar-refractivity contribution >= 4 is 33.3 Å². The third-order valence-electron chi connectivity index (χ3n) is 2.82. The first-order valence-electron chi connectivity index (χ1n) is 5.90. The summed E-state index contributed by atoms with van der Waals surface area (Å²) in [6.07, 6.45) is 0. The van der Waals surface area contributed by atoms with Crippen molar-refractivity contribution in [1.82, 2.24) is 0 Å². The Hall–Kier alpha value is -2.05. The largest absolute Gasteiger partial charge is 0.545 e. The first-order valence-corrected chi connectivity index (χ1v) is 7.76. The molecular formula is C14H11ClNO4S-. The Kier molecular flexibility index (Phi) is 4.20. The van der Waals surface area contributed by atoms with Crippen molar-refractivity contribution in [2.24, 2.45) is 0 Å². The zero-order chi connectivity index (χ0) is 15.6. The lowest BCUT2D eigenvalue weighted by molar-refractivity contribution is -0.255. The number of rotatable bonds is 4. The Morgan fingerprint density at radius 2 is 1.90 bits per heavy atom. The third-order valence-corrected chi connectivity index (χ3v) is 4.42. The van der Waals surface area contributed by atoms with Gasteiger partial charge in [0.1, 0.15) is 0 Å². The van der Waals surface area contributed by atoms with Crippen molar-refractivity contribution in [2.75, 3.05) is 4.72 Å². The van der Waals surface area contributed by atoms with Gasteiger partial charge in [-0.05, 0) is 42.3 Å². The van der Waals surface area contributed by atoms with E-state index in [1.54, 1.807) is 19.1 Å². The molecule has 0 radical (unpaired) electrons. The van der Waals surface area contributed by atoms with Crippen LogP contribution in [0.1, 0.15) is 15.9 Å². The van der Waals surface area contributed by atoms with Crippen LogP contribution in [-0.4, -0.2) is 14.4 Å². The maximum Gasteiger partial charge on any atom is 0.261 e. The molecule has 0 fully saturated rings. The number of carbonyl (C=O) groups is 1. The topological polar surface area (TPSA) is 86.3 Å². The number of aromatic carboxylic acids is 1. The fraction of sp³-hybridized carbons (Fsp3) is 0.0714. The maximum atomic E-state index is 12.3. The van der Waals surface area contributed by atoms with E-state index < -0.39 is 16.0 Å². The van der Waals surface area contributed by atoms with Gasteiger partial charge in [-0.25, -0.2) is 8.42 Å². The summed E-state index contributed by atoms with van der Waals surface area (Å²) in [4.78, 5) is 10.6. The molecule has 0 aliphatic heterocycles. The van der Waals surface area contributed by atoms with Crippen molar-refractivity contribution in [3.63, 3.8) is 0 Å². The quantitative estimate of drug-likeness (QED) is 0.929. The van der Waals surface area contributed by atoms with Crippen LogP contribution in [0.25, 0.3) is 0 Å². The number of aryl methyl sites for hydroxylation is 1. The summed E-state index contributed by atoms with van der Waals surface area (Å²) in [6.45, 7) is 1.73. The zero-order valence-electron chi connectivity index (χ0n) is 11.0. The molecule has 0 aromatic heterocycles. The third kappa shape index (κ3) is 3.53. The molecule has 2 aromatic carbocycles. The number of benzene rings is 2. The van der Waals surface area contributed by atoms with Gasteiger partial charge in [0.05, 0.1) is 16.6 Å². The van der Waals surface area contributed by atoms with E-state index in [1.807, 2.05) is 0 Å². The van der Waals surface area contributed by atoms with Crippen molar-refractivity contribution < 1.29 is 18.3 Å². The number of hydrogen-bond acceptors (Lipinski definition) is 4. The Balaban J connectivity index is 2.41. The molecule has 0 aliphatic carbocycles. The van der Waals surface area contributed by atoms with Crippen LogP contribution in [0.3, 0.4) is 0 Å². The molecule has 0 amide bonds. The summed E-state index contributed by atoms with van der Waals surface area (Å²) in [7, 11) is -3.91. The Bertz CT molecular complexity index is 802. The zero-order valence-corrected chi connectivity index (χ0v) is 12.5. The monoisotopic (exact) mass is 324 g/mol. The van der Waals surface area contributed by atoms with Gasteiger partial charge < -0.3 is 9.90 Å². The Morgan fingerprint density at radius 3 is 2.57 bits per heavy atom. The molecule has 0 heterocycles. The number of nitrogens with one attached hydrogen (secondary N) is 1. The highest BCUT2D eigenvalue weighted by Gasteiger charge is 2.16. The van der Waals surface area contributed by atoms with Gasteiger partial charge >= 0.3 is 0 Å². The fourth-order valence-corrected chi connectivity index (χ4v) is 3.04. The fourth-order valence-electron chi connectivity index (χ4n) is 1.70. The predicted octanol–water partition coefficient (Wildman–Crippen LogP) is 1.81. The average Bonchev–Trinajstić information content (AvgIpc) is 2.43. The molecule has 0 unspecified atom stereocenters. The standard InChI is InChI=1S/C14H12ClNO4S/c1-9-5-6-11(15)8-13(9)16-21(19,20)12-4-2-3-10(7-12)14(17)18/h2-8,16H,1H3,(H,17,18)/p-1. The van der Waals surface area contributed by atoms with E-state index in [0.717, 1.165) is 6.07 Å². The molecule has 21 heavy (non-hydrogen) atoms. The second kappa shape index (κ2) is 5.75. The van der Waals surface area contributed by atoms with Gasteiger partial charge in [-0.1, -0.05) is 29.8 Å². The van der Waals surface area contributed by atoms with Gasteiger partial charge in [-0.2, -0.15) is 0 Å². The number of hydrogen-bond donors (Lipinski definition) is 1. The smallest absolute Gasteiger partial charge is 0.261 e. The normalized spacial score (nSPS) is 11.1. The van der Waals surface area contributed by atoms with Gasteiger partial charge in [0.25, 0.3) is 10.0 Å². The van der Waals surface area contributed by atoms with Gasteiger partial charge in [0.2, 0.25) is 0 Å². The summed E-state index contributed by atoms with van der Waals surface area (Å²) in [5.41, 5.74) is 0.820. The average molecular weight is 325 g/mol. The summed E-state index contributed by atoms with van der Waals surface area (Å²) in [5, 5.41) is 11.2. The predicted molar refractivity (Wildman–Crippen MR) is 77.8 cm³/mol. The van der Waals surface area contributed by atoms with E-state index in [2.05, 4.69) is 4.72 Å². The van der Waals surface area contributed by atoms with Crippen LogP contribution in [0, 0.1) is 6.92 Å². The Labute approximate surface area is 127 Å². The minimum absolute atomic E-state index is 0.163. The molecule has 0 bridgehead atoms. The molecule has 2 aromatic rings. The van der Waals surface area contributed by atoms with Crippen molar-refractivity contribution in [2.45, 2.75) is 11.8 Å². The lowest BCUT2D eigenvalue weighted by Gasteiger charge is -2.12. The van der Waals surface area contributed by atoms with E-state index in [4.69, 9.17) is 11.6 Å². The molecule has 110 valence electrons. The summed E-state index contributed by atoms with van der Waals surface area (Å²) < 4.78 is 26.9. The number of sulfonamides is 1. The summed E-state index contributed by atoms with van der Waals surface area (Å²) >= 11 is 5.84. The minimum Gasteiger partial charge on any atom is -0.545 e. The van der Waals surface area contributed by atoms with E-state index in [9.17, 15) is 18.3 Å².